The van der Waals surface area contributed by atoms with E-state index < -0.39 is 5.97 Å². The van der Waals surface area contributed by atoms with E-state index in [1.165, 1.54) is 22.5 Å². The van der Waals surface area contributed by atoms with Gasteiger partial charge in [-0.15, -0.1) is 11.3 Å². The Labute approximate surface area is 122 Å². The molecule has 2 aromatic rings. The van der Waals surface area contributed by atoms with E-state index in [4.69, 9.17) is 5.11 Å². The normalized spacial score (nSPS) is 10.6. The second-order valence-corrected chi connectivity index (χ2v) is 5.95. The Kier molecular flexibility index (Phi) is 4.39. The zero-order chi connectivity index (χ0) is 14.7. The molecule has 1 aromatic carbocycles. The van der Waals surface area contributed by atoms with Gasteiger partial charge in [0.1, 0.15) is 0 Å². The van der Waals surface area contributed by atoms with Crippen molar-refractivity contribution in [2.45, 2.75) is 33.6 Å². The van der Waals surface area contributed by atoms with E-state index in [9.17, 15) is 4.79 Å². The van der Waals surface area contributed by atoms with Gasteiger partial charge in [0.15, 0.2) is 5.13 Å². The number of carboxylic acids is 1. The van der Waals surface area contributed by atoms with Crippen LogP contribution in [0.5, 0.6) is 0 Å². The second kappa shape index (κ2) is 6.05. The molecule has 0 unspecified atom stereocenters. The zero-order valence-electron chi connectivity index (χ0n) is 11.9. The molecule has 0 bridgehead atoms. The van der Waals surface area contributed by atoms with Gasteiger partial charge < -0.3 is 10.4 Å². The SMILES string of the molecule is Cc1ccc(Nc2nc(C)c(CCC(=O)O)s2)c(C)c1. The van der Waals surface area contributed by atoms with Crippen LogP contribution in [0.25, 0.3) is 0 Å². The van der Waals surface area contributed by atoms with Gasteiger partial charge in [-0.1, -0.05) is 17.7 Å². The van der Waals surface area contributed by atoms with Crippen LogP contribution < -0.4 is 5.32 Å². The molecule has 0 spiro atoms. The first-order valence-corrected chi connectivity index (χ1v) is 7.29. The molecule has 0 aliphatic rings. The molecule has 0 fully saturated rings. The molecular weight excluding hydrogens is 272 g/mol. The van der Waals surface area contributed by atoms with Gasteiger partial charge in [0.2, 0.25) is 0 Å². The highest BCUT2D eigenvalue weighted by atomic mass is 32.1. The Morgan fingerprint density at radius 2 is 2.10 bits per heavy atom. The monoisotopic (exact) mass is 290 g/mol. The third-order valence-corrected chi connectivity index (χ3v) is 4.21. The minimum absolute atomic E-state index is 0.145. The lowest BCUT2D eigenvalue weighted by Crippen LogP contribution is -1.96. The molecule has 0 radical (unpaired) electrons. The van der Waals surface area contributed by atoms with Crippen molar-refractivity contribution >= 4 is 28.1 Å². The predicted molar refractivity (Wildman–Crippen MR) is 82.0 cm³/mol. The lowest BCUT2D eigenvalue weighted by atomic mass is 10.1. The number of aromatic nitrogens is 1. The molecular formula is C15H18N2O2S. The van der Waals surface area contributed by atoms with Gasteiger partial charge in [-0.05, 0) is 38.8 Å². The van der Waals surface area contributed by atoms with Crippen LogP contribution in [-0.4, -0.2) is 16.1 Å². The van der Waals surface area contributed by atoms with Crippen molar-refractivity contribution in [3.8, 4) is 0 Å². The fraction of sp³-hybridized carbons (Fsp3) is 0.333. The quantitative estimate of drug-likeness (QED) is 0.878. The molecule has 0 aliphatic carbocycles. The number of nitrogens with one attached hydrogen (secondary N) is 1. The van der Waals surface area contributed by atoms with Crippen molar-refractivity contribution in [1.82, 2.24) is 4.98 Å². The summed E-state index contributed by atoms with van der Waals surface area (Å²) in [6.45, 7) is 6.04. The molecule has 0 saturated carbocycles. The van der Waals surface area contributed by atoms with Crippen molar-refractivity contribution in [3.63, 3.8) is 0 Å². The predicted octanol–water partition coefficient (Wildman–Crippen LogP) is 3.83. The lowest BCUT2D eigenvalue weighted by molar-refractivity contribution is -0.136. The van der Waals surface area contributed by atoms with Crippen LogP contribution in [0.4, 0.5) is 10.8 Å². The minimum Gasteiger partial charge on any atom is -0.481 e. The summed E-state index contributed by atoms with van der Waals surface area (Å²) >= 11 is 1.52. The average Bonchev–Trinajstić information content (AvgIpc) is 2.71. The summed E-state index contributed by atoms with van der Waals surface area (Å²) in [5, 5.41) is 12.9. The first-order valence-electron chi connectivity index (χ1n) is 6.48. The summed E-state index contributed by atoms with van der Waals surface area (Å²) < 4.78 is 0. The third-order valence-electron chi connectivity index (χ3n) is 3.08. The van der Waals surface area contributed by atoms with Crippen molar-refractivity contribution in [2.24, 2.45) is 0 Å². The minimum atomic E-state index is -0.776. The summed E-state index contributed by atoms with van der Waals surface area (Å²) in [6.07, 6.45) is 0.680. The van der Waals surface area contributed by atoms with Gasteiger partial charge in [-0.3, -0.25) is 4.79 Å². The van der Waals surface area contributed by atoms with Crippen LogP contribution in [-0.2, 0) is 11.2 Å². The number of hydrogen-bond donors (Lipinski definition) is 2. The summed E-state index contributed by atoms with van der Waals surface area (Å²) in [4.78, 5) is 16.1. The summed E-state index contributed by atoms with van der Waals surface area (Å²) in [7, 11) is 0. The van der Waals surface area contributed by atoms with Gasteiger partial charge in [0.25, 0.3) is 0 Å². The largest absolute Gasteiger partial charge is 0.481 e. The van der Waals surface area contributed by atoms with E-state index in [1.807, 2.05) is 13.0 Å². The fourth-order valence-corrected chi connectivity index (χ4v) is 2.98. The molecule has 2 rings (SSSR count). The lowest BCUT2D eigenvalue weighted by Gasteiger charge is -2.07. The maximum absolute atomic E-state index is 10.6. The molecule has 0 saturated heterocycles. The number of carbonyl (C=O) groups is 1. The summed E-state index contributed by atoms with van der Waals surface area (Å²) in [6, 6.07) is 6.22. The molecule has 20 heavy (non-hydrogen) atoms. The van der Waals surface area contributed by atoms with E-state index >= 15 is 0 Å². The standard InChI is InChI=1S/C15H18N2O2S/c1-9-4-5-12(10(2)8-9)17-15-16-11(3)13(20-15)6-7-14(18)19/h4-5,8H,6-7H2,1-3H3,(H,16,17)(H,18,19). The molecule has 106 valence electrons. The van der Waals surface area contributed by atoms with E-state index in [1.54, 1.807) is 0 Å². The smallest absolute Gasteiger partial charge is 0.303 e. The molecule has 1 aromatic heterocycles. The Bertz CT molecular complexity index is 635. The third kappa shape index (κ3) is 3.57. The van der Waals surface area contributed by atoms with Crippen molar-refractivity contribution in [3.05, 3.63) is 39.9 Å². The number of aliphatic carboxylic acids is 1. The Hall–Kier alpha value is -1.88. The molecule has 4 nitrogen and oxygen atoms in total. The summed E-state index contributed by atoms with van der Waals surface area (Å²) in [5.41, 5.74) is 4.34. The number of rotatable bonds is 5. The maximum atomic E-state index is 10.6. The highest BCUT2D eigenvalue weighted by Crippen LogP contribution is 2.28. The van der Waals surface area contributed by atoms with Gasteiger partial charge in [-0.2, -0.15) is 0 Å². The highest BCUT2D eigenvalue weighted by molar-refractivity contribution is 7.15. The zero-order valence-corrected chi connectivity index (χ0v) is 12.7. The van der Waals surface area contributed by atoms with Crippen LogP contribution in [0.2, 0.25) is 0 Å². The average molecular weight is 290 g/mol. The van der Waals surface area contributed by atoms with E-state index in [2.05, 4.69) is 36.3 Å². The van der Waals surface area contributed by atoms with E-state index in [0.29, 0.717) is 6.42 Å². The first kappa shape index (κ1) is 14.5. The molecule has 2 N–H and O–H groups in total. The van der Waals surface area contributed by atoms with Crippen LogP contribution in [0.3, 0.4) is 0 Å². The maximum Gasteiger partial charge on any atom is 0.303 e. The van der Waals surface area contributed by atoms with Gasteiger partial charge in [-0.25, -0.2) is 4.98 Å². The summed E-state index contributed by atoms with van der Waals surface area (Å²) in [5.74, 6) is -0.776. The first-order chi connectivity index (χ1) is 9.45. The van der Waals surface area contributed by atoms with E-state index in [-0.39, 0.29) is 6.42 Å². The van der Waals surface area contributed by atoms with Crippen molar-refractivity contribution in [1.29, 1.82) is 0 Å². The van der Waals surface area contributed by atoms with Crippen LogP contribution in [0.1, 0.15) is 28.1 Å². The topological polar surface area (TPSA) is 62.2 Å². The number of anilines is 2. The van der Waals surface area contributed by atoms with E-state index in [0.717, 1.165) is 21.4 Å². The van der Waals surface area contributed by atoms with Crippen molar-refractivity contribution < 1.29 is 9.90 Å². The highest BCUT2D eigenvalue weighted by Gasteiger charge is 2.10. The number of carboxylic acid groups (broad SMARTS) is 1. The van der Waals surface area contributed by atoms with Gasteiger partial charge in [0.05, 0.1) is 12.1 Å². The molecule has 0 atom stereocenters. The second-order valence-electron chi connectivity index (χ2n) is 4.86. The van der Waals surface area contributed by atoms with Crippen molar-refractivity contribution in [2.75, 3.05) is 5.32 Å². The Balaban J connectivity index is 2.13. The number of thiazole rings is 1. The molecule has 0 aliphatic heterocycles. The Morgan fingerprint density at radius 3 is 2.75 bits per heavy atom. The molecule has 1 heterocycles. The van der Waals surface area contributed by atoms with Crippen LogP contribution >= 0.6 is 11.3 Å². The van der Waals surface area contributed by atoms with Gasteiger partial charge in [0, 0.05) is 10.6 Å². The van der Waals surface area contributed by atoms with Crippen LogP contribution in [0.15, 0.2) is 18.2 Å². The van der Waals surface area contributed by atoms with Gasteiger partial charge >= 0.3 is 5.97 Å². The fourth-order valence-electron chi connectivity index (χ4n) is 2.00. The number of benzene rings is 1. The number of hydrogen-bond acceptors (Lipinski definition) is 4. The molecule has 0 amide bonds. The molecule has 5 heteroatoms. The Morgan fingerprint density at radius 1 is 1.35 bits per heavy atom. The number of nitrogens with zero attached hydrogens (tertiary/aromatic N) is 1. The number of aryl methyl sites for hydroxylation is 4. The van der Waals surface area contributed by atoms with Crippen LogP contribution in [0, 0.1) is 20.8 Å².